The largest absolute Gasteiger partial charge is 0.472 e. The maximum Gasteiger partial charge on any atom is 0.472 e. The molecule has 3 N–H and O–H groups in total. The molecule has 0 radical (unpaired) electrons. The Morgan fingerprint density at radius 3 is 0.628 bits per heavy atom. The van der Waals surface area contributed by atoms with E-state index in [4.69, 9.17) is 37.0 Å². The van der Waals surface area contributed by atoms with Crippen LogP contribution in [0.3, 0.4) is 0 Å². The van der Waals surface area contributed by atoms with Crippen LogP contribution in [0.5, 0.6) is 0 Å². The van der Waals surface area contributed by atoms with Gasteiger partial charge in [0.15, 0.2) is 12.2 Å². The van der Waals surface area contributed by atoms with Gasteiger partial charge >= 0.3 is 39.5 Å². The van der Waals surface area contributed by atoms with E-state index in [1.807, 2.05) is 0 Å². The summed E-state index contributed by atoms with van der Waals surface area (Å²) in [7, 11) is -9.90. The lowest BCUT2D eigenvalue weighted by Gasteiger charge is -2.21. The minimum absolute atomic E-state index is 0.108. The van der Waals surface area contributed by atoms with Crippen LogP contribution in [0.15, 0.2) is 0 Å². The van der Waals surface area contributed by atoms with E-state index < -0.39 is 97.5 Å². The van der Waals surface area contributed by atoms with Gasteiger partial charge < -0.3 is 33.8 Å². The van der Waals surface area contributed by atoms with Gasteiger partial charge in [-0.1, -0.05) is 349 Å². The van der Waals surface area contributed by atoms with Crippen molar-refractivity contribution in [3.63, 3.8) is 0 Å². The third-order valence-corrected chi connectivity index (χ3v) is 19.5. The topological polar surface area (TPSA) is 237 Å². The molecule has 0 aliphatic carbocycles. The molecule has 0 amide bonds. The highest BCUT2D eigenvalue weighted by Gasteiger charge is 2.30. The molecule has 558 valence electrons. The fourth-order valence-electron chi connectivity index (χ4n) is 11.6. The van der Waals surface area contributed by atoms with Crippen LogP contribution < -0.4 is 0 Å². The highest BCUT2D eigenvalue weighted by Crippen LogP contribution is 2.45. The van der Waals surface area contributed by atoms with E-state index >= 15 is 0 Å². The number of hydrogen-bond acceptors (Lipinski definition) is 15. The lowest BCUT2D eigenvalue weighted by molar-refractivity contribution is -0.161. The lowest BCUT2D eigenvalue weighted by Crippen LogP contribution is -2.30. The molecule has 0 bridgehead atoms. The van der Waals surface area contributed by atoms with Crippen molar-refractivity contribution in [3.05, 3.63) is 0 Å². The number of unbranched alkanes of at least 4 members (excludes halogenated alkanes) is 50. The van der Waals surface area contributed by atoms with Crippen LogP contribution in [0, 0.1) is 0 Å². The molecule has 0 aliphatic rings. The number of phosphoric acid groups is 2. The molecular weight excluding hydrogens is 1230 g/mol. The van der Waals surface area contributed by atoms with E-state index in [0.29, 0.717) is 25.7 Å². The van der Waals surface area contributed by atoms with Gasteiger partial charge in [-0.15, -0.1) is 0 Å². The van der Waals surface area contributed by atoms with E-state index in [9.17, 15) is 43.2 Å². The second-order valence-corrected chi connectivity index (χ2v) is 29.9. The highest BCUT2D eigenvalue weighted by atomic mass is 31.2. The van der Waals surface area contributed by atoms with Crippen molar-refractivity contribution in [1.82, 2.24) is 0 Å². The third kappa shape index (κ3) is 68.6. The van der Waals surface area contributed by atoms with E-state index in [2.05, 4.69) is 27.7 Å². The molecule has 0 saturated carbocycles. The van der Waals surface area contributed by atoms with Gasteiger partial charge in [-0.2, -0.15) is 0 Å². The zero-order valence-corrected chi connectivity index (χ0v) is 62.7. The Morgan fingerprint density at radius 1 is 0.255 bits per heavy atom. The van der Waals surface area contributed by atoms with Crippen LogP contribution >= 0.6 is 15.6 Å². The van der Waals surface area contributed by atoms with Gasteiger partial charge in [0.25, 0.3) is 0 Å². The standard InChI is InChI=1S/C75H146O17P2/c1-5-9-13-17-21-25-28-31-32-33-34-35-36-37-38-39-40-43-46-50-54-58-62-75(80)92-71(66-86-73(78)60-56-52-48-44-41-29-26-22-18-14-10-6-2)68-90-94(83,84)88-64-69(76)63-87-93(81,82)89-67-70(65-85-72(77)59-55-51-47-24-20-16-12-8-4)91-74(79)61-57-53-49-45-42-30-27-23-19-15-11-7-3/h69-71,76H,5-68H2,1-4H3,(H,81,82)(H,83,84)/t69-,70+,71+/m0/s1. The second-order valence-electron chi connectivity index (χ2n) is 27.0. The Kier molecular flexibility index (Phi) is 68.1. The van der Waals surface area contributed by atoms with Crippen LogP contribution in [-0.2, 0) is 65.4 Å². The number of rotatable bonds is 76. The number of esters is 4. The summed E-state index contributed by atoms with van der Waals surface area (Å²) < 4.78 is 68.4. The Balaban J connectivity index is 5.14. The van der Waals surface area contributed by atoms with Gasteiger partial charge in [-0.25, -0.2) is 9.13 Å². The minimum atomic E-state index is -4.95. The first-order chi connectivity index (χ1) is 45.7. The van der Waals surface area contributed by atoms with Crippen molar-refractivity contribution < 1.29 is 80.2 Å². The molecule has 5 atom stereocenters. The van der Waals surface area contributed by atoms with Crippen molar-refractivity contribution in [2.24, 2.45) is 0 Å². The van der Waals surface area contributed by atoms with Crippen molar-refractivity contribution >= 4 is 39.5 Å². The first-order valence-electron chi connectivity index (χ1n) is 39.3. The van der Waals surface area contributed by atoms with Crippen molar-refractivity contribution in [1.29, 1.82) is 0 Å². The summed E-state index contributed by atoms with van der Waals surface area (Å²) in [5.41, 5.74) is 0. The van der Waals surface area contributed by atoms with Crippen molar-refractivity contribution in [2.45, 2.75) is 418 Å². The molecule has 17 nitrogen and oxygen atoms in total. The number of carbonyl (C=O) groups excluding carboxylic acids is 4. The number of hydrogen-bond donors (Lipinski definition) is 3. The fourth-order valence-corrected chi connectivity index (χ4v) is 13.2. The smallest absolute Gasteiger partial charge is 0.462 e. The summed E-state index contributed by atoms with van der Waals surface area (Å²) in [6.07, 6.45) is 59.8. The number of aliphatic hydroxyl groups excluding tert-OH is 1. The molecule has 0 saturated heterocycles. The Hall–Kier alpha value is -1.94. The van der Waals surface area contributed by atoms with Crippen LogP contribution in [0.25, 0.3) is 0 Å². The predicted molar refractivity (Wildman–Crippen MR) is 382 cm³/mol. The number of aliphatic hydroxyl groups is 1. The monoisotopic (exact) mass is 1380 g/mol. The summed E-state index contributed by atoms with van der Waals surface area (Å²) in [6.45, 7) is 4.95. The van der Waals surface area contributed by atoms with Crippen LogP contribution in [0.2, 0.25) is 0 Å². The second kappa shape index (κ2) is 69.5. The SMILES string of the molecule is CCCCCCCCCCCCCCCCCCCCCCCCC(=O)O[C@H](COC(=O)CCCCCCCCCCCCCC)COP(=O)(O)OC[C@@H](O)COP(=O)(O)OC[C@@H](COC(=O)CCCCCCCCCC)OC(=O)CCCCCCCCCCCCCC. The quantitative estimate of drug-likeness (QED) is 0.0222. The lowest BCUT2D eigenvalue weighted by atomic mass is 10.0. The van der Waals surface area contributed by atoms with Crippen molar-refractivity contribution in [3.8, 4) is 0 Å². The zero-order valence-electron chi connectivity index (χ0n) is 60.9. The Morgan fingerprint density at radius 2 is 0.426 bits per heavy atom. The van der Waals surface area contributed by atoms with Crippen LogP contribution in [0.4, 0.5) is 0 Å². The molecule has 0 heterocycles. The maximum absolute atomic E-state index is 13.1. The normalized spacial score (nSPS) is 13.9. The highest BCUT2D eigenvalue weighted by molar-refractivity contribution is 7.47. The van der Waals surface area contributed by atoms with Crippen LogP contribution in [0.1, 0.15) is 400 Å². The minimum Gasteiger partial charge on any atom is -0.462 e. The molecule has 19 heteroatoms. The van der Waals surface area contributed by atoms with Gasteiger partial charge in [0, 0.05) is 25.7 Å². The van der Waals surface area contributed by atoms with Gasteiger partial charge in [0.2, 0.25) is 0 Å². The molecular formula is C75H146O17P2. The van der Waals surface area contributed by atoms with Gasteiger partial charge in [-0.05, 0) is 25.7 Å². The van der Waals surface area contributed by atoms with E-state index in [0.717, 1.165) is 96.3 Å². The molecule has 0 aromatic carbocycles. The molecule has 0 aromatic heterocycles. The zero-order chi connectivity index (χ0) is 69.0. The molecule has 94 heavy (non-hydrogen) atoms. The fraction of sp³-hybridized carbons (Fsp3) is 0.947. The third-order valence-electron chi connectivity index (χ3n) is 17.6. The van der Waals surface area contributed by atoms with E-state index in [1.165, 1.54) is 225 Å². The van der Waals surface area contributed by atoms with Crippen LogP contribution in [-0.4, -0.2) is 96.7 Å². The van der Waals surface area contributed by atoms with Gasteiger partial charge in [0.05, 0.1) is 26.4 Å². The maximum atomic E-state index is 13.1. The summed E-state index contributed by atoms with van der Waals surface area (Å²) in [5, 5.41) is 10.6. The molecule has 0 spiro atoms. The predicted octanol–water partition coefficient (Wildman–Crippen LogP) is 22.2. The van der Waals surface area contributed by atoms with E-state index in [-0.39, 0.29) is 25.7 Å². The number of ether oxygens (including phenoxy) is 4. The molecule has 0 aromatic rings. The van der Waals surface area contributed by atoms with Crippen molar-refractivity contribution in [2.75, 3.05) is 39.6 Å². The molecule has 0 rings (SSSR count). The molecule has 2 unspecified atom stereocenters. The van der Waals surface area contributed by atoms with Gasteiger partial charge in [0.1, 0.15) is 19.3 Å². The first kappa shape index (κ1) is 92.1. The summed E-state index contributed by atoms with van der Waals surface area (Å²) in [4.78, 5) is 72.6. The van der Waals surface area contributed by atoms with Gasteiger partial charge in [-0.3, -0.25) is 37.3 Å². The average molecular weight is 1380 g/mol. The summed E-state index contributed by atoms with van der Waals surface area (Å²) >= 11 is 0. The molecule has 0 fully saturated rings. The summed E-state index contributed by atoms with van der Waals surface area (Å²) in [6, 6.07) is 0. The van der Waals surface area contributed by atoms with E-state index in [1.54, 1.807) is 0 Å². The first-order valence-corrected chi connectivity index (χ1v) is 42.3. The Bertz CT molecular complexity index is 1790. The number of phosphoric ester groups is 2. The Labute approximate surface area is 575 Å². The number of carbonyl (C=O) groups is 4. The summed E-state index contributed by atoms with van der Waals surface area (Å²) in [5.74, 6) is -2.12. The molecule has 0 aliphatic heterocycles. The average Bonchev–Trinajstić information content (AvgIpc) is 2.96.